The third-order valence-corrected chi connectivity index (χ3v) is 4.04. The molecule has 1 aromatic rings. The molecule has 0 saturated carbocycles. The second-order valence-electron chi connectivity index (χ2n) is 5.81. The number of benzene rings is 1. The van der Waals surface area contributed by atoms with Crippen molar-refractivity contribution in [2.24, 2.45) is 5.41 Å². The van der Waals surface area contributed by atoms with Crippen LogP contribution in [0.4, 0.5) is 4.79 Å². The third-order valence-electron chi connectivity index (χ3n) is 4.04. The molecule has 1 aliphatic rings. The SMILES string of the molecule is CNC(=O)N1CCCC(C)(C(=O)NCc2ccccc2)C1. The molecule has 0 radical (unpaired) electrons. The molecule has 3 amide bonds. The Hall–Kier alpha value is -2.04. The minimum Gasteiger partial charge on any atom is -0.351 e. The van der Waals surface area contributed by atoms with Gasteiger partial charge in [-0.1, -0.05) is 30.3 Å². The number of hydrogen-bond donors (Lipinski definition) is 2. The number of hydrogen-bond acceptors (Lipinski definition) is 2. The summed E-state index contributed by atoms with van der Waals surface area (Å²) in [4.78, 5) is 25.9. The summed E-state index contributed by atoms with van der Waals surface area (Å²) < 4.78 is 0. The van der Waals surface area contributed by atoms with Gasteiger partial charge in [-0.25, -0.2) is 4.79 Å². The molecule has 1 unspecified atom stereocenters. The van der Waals surface area contributed by atoms with Gasteiger partial charge in [-0.15, -0.1) is 0 Å². The van der Waals surface area contributed by atoms with Crippen LogP contribution in [0.3, 0.4) is 0 Å². The summed E-state index contributed by atoms with van der Waals surface area (Å²) in [6.45, 7) is 3.63. The lowest BCUT2D eigenvalue weighted by Gasteiger charge is -2.39. The lowest BCUT2D eigenvalue weighted by molar-refractivity contribution is -0.132. The van der Waals surface area contributed by atoms with E-state index in [-0.39, 0.29) is 11.9 Å². The van der Waals surface area contributed by atoms with Gasteiger partial charge in [-0.3, -0.25) is 4.79 Å². The summed E-state index contributed by atoms with van der Waals surface area (Å²) in [7, 11) is 1.61. The molecule has 2 rings (SSSR count). The first-order chi connectivity index (χ1) is 10.0. The highest BCUT2D eigenvalue weighted by atomic mass is 16.2. The lowest BCUT2D eigenvalue weighted by atomic mass is 9.81. The van der Waals surface area contributed by atoms with Gasteiger partial charge in [-0.05, 0) is 25.3 Å². The standard InChI is InChI=1S/C16H23N3O2/c1-16(9-6-10-19(12-16)15(21)17-2)14(20)18-11-13-7-4-3-5-8-13/h3-5,7-8H,6,9-12H2,1-2H3,(H,17,21)(H,18,20). The molecule has 2 N–H and O–H groups in total. The fourth-order valence-corrected chi connectivity index (χ4v) is 2.75. The fourth-order valence-electron chi connectivity index (χ4n) is 2.75. The van der Waals surface area contributed by atoms with Crippen molar-refractivity contribution >= 4 is 11.9 Å². The monoisotopic (exact) mass is 289 g/mol. The number of nitrogens with one attached hydrogen (secondary N) is 2. The largest absolute Gasteiger partial charge is 0.351 e. The Kier molecular flexibility index (Phi) is 4.83. The molecule has 0 bridgehead atoms. The van der Waals surface area contributed by atoms with Crippen LogP contribution in [0.1, 0.15) is 25.3 Å². The average molecular weight is 289 g/mol. The van der Waals surface area contributed by atoms with Gasteiger partial charge in [0.2, 0.25) is 5.91 Å². The Bertz CT molecular complexity index is 504. The molecule has 0 aliphatic carbocycles. The molecular formula is C16H23N3O2. The zero-order valence-corrected chi connectivity index (χ0v) is 12.7. The van der Waals surface area contributed by atoms with Crippen LogP contribution in [0.15, 0.2) is 30.3 Å². The van der Waals surface area contributed by atoms with Gasteiger partial charge in [-0.2, -0.15) is 0 Å². The second-order valence-corrected chi connectivity index (χ2v) is 5.81. The molecule has 1 aromatic carbocycles. The molecular weight excluding hydrogens is 266 g/mol. The van der Waals surface area contributed by atoms with E-state index >= 15 is 0 Å². The minimum absolute atomic E-state index is 0.0138. The zero-order chi connectivity index (χ0) is 15.3. The van der Waals surface area contributed by atoms with E-state index < -0.39 is 5.41 Å². The van der Waals surface area contributed by atoms with Crippen molar-refractivity contribution in [3.63, 3.8) is 0 Å². The van der Waals surface area contributed by atoms with Gasteiger partial charge in [0.1, 0.15) is 0 Å². The number of carbonyl (C=O) groups excluding carboxylic acids is 2. The number of urea groups is 1. The van der Waals surface area contributed by atoms with E-state index in [0.717, 1.165) is 18.4 Å². The summed E-state index contributed by atoms with van der Waals surface area (Å²) in [6.07, 6.45) is 1.66. The predicted octanol–water partition coefficient (Wildman–Crippen LogP) is 1.74. The highest BCUT2D eigenvalue weighted by molar-refractivity contribution is 5.84. The Morgan fingerprint density at radius 1 is 1.29 bits per heavy atom. The first-order valence-corrected chi connectivity index (χ1v) is 7.34. The number of rotatable bonds is 3. The Morgan fingerprint density at radius 2 is 2.00 bits per heavy atom. The van der Waals surface area contributed by atoms with Crippen LogP contribution in [0.2, 0.25) is 0 Å². The van der Waals surface area contributed by atoms with Crippen LogP contribution in [0.25, 0.3) is 0 Å². The molecule has 5 nitrogen and oxygen atoms in total. The van der Waals surface area contributed by atoms with Gasteiger partial charge >= 0.3 is 6.03 Å². The van der Waals surface area contributed by atoms with Gasteiger partial charge in [0.05, 0.1) is 5.41 Å². The zero-order valence-electron chi connectivity index (χ0n) is 12.7. The Morgan fingerprint density at radius 3 is 2.67 bits per heavy atom. The topological polar surface area (TPSA) is 61.4 Å². The molecule has 1 heterocycles. The van der Waals surface area contributed by atoms with Crippen molar-refractivity contribution < 1.29 is 9.59 Å². The van der Waals surface area contributed by atoms with E-state index in [2.05, 4.69) is 10.6 Å². The van der Waals surface area contributed by atoms with E-state index in [4.69, 9.17) is 0 Å². The quantitative estimate of drug-likeness (QED) is 0.890. The smallest absolute Gasteiger partial charge is 0.317 e. The summed E-state index contributed by atoms with van der Waals surface area (Å²) in [5.74, 6) is 0.0138. The van der Waals surface area contributed by atoms with Crippen LogP contribution in [-0.4, -0.2) is 37.0 Å². The van der Waals surface area contributed by atoms with Crippen molar-refractivity contribution in [1.29, 1.82) is 0 Å². The van der Waals surface area contributed by atoms with E-state index in [1.807, 2.05) is 37.3 Å². The number of piperidine rings is 1. The van der Waals surface area contributed by atoms with E-state index in [1.165, 1.54) is 0 Å². The molecule has 1 saturated heterocycles. The number of nitrogens with zero attached hydrogens (tertiary/aromatic N) is 1. The van der Waals surface area contributed by atoms with Crippen molar-refractivity contribution in [2.75, 3.05) is 20.1 Å². The normalized spacial score (nSPS) is 21.7. The minimum atomic E-state index is -0.514. The number of carbonyl (C=O) groups is 2. The first kappa shape index (κ1) is 15.4. The molecule has 1 aliphatic heterocycles. The van der Waals surface area contributed by atoms with Gasteiger partial charge in [0, 0.05) is 26.7 Å². The molecule has 0 spiro atoms. The highest BCUT2D eigenvalue weighted by Gasteiger charge is 2.38. The maximum absolute atomic E-state index is 12.5. The maximum Gasteiger partial charge on any atom is 0.317 e. The summed E-state index contributed by atoms with van der Waals surface area (Å²) in [5.41, 5.74) is 0.563. The van der Waals surface area contributed by atoms with E-state index in [1.54, 1.807) is 11.9 Å². The first-order valence-electron chi connectivity index (χ1n) is 7.34. The van der Waals surface area contributed by atoms with Crippen LogP contribution in [0.5, 0.6) is 0 Å². The fraction of sp³-hybridized carbons (Fsp3) is 0.500. The lowest BCUT2D eigenvalue weighted by Crippen LogP contribution is -2.53. The van der Waals surface area contributed by atoms with Crippen LogP contribution in [0, 0.1) is 5.41 Å². The summed E-state index contributed by atoms with van der Waals surface area (Å²) in [5, 5.41) is 5.61. The molecule has 5 heteroatoms. The second kappa shape index (κ2) is 6.61. The molecule has 1 atom stereocenters. The van der Waals surface area contributed by atoms with Crippen LogP contribution >= 0.6 is 0 Å². The van der Waals surface area contributed by atoms with E-state index in [0.29, 0.717) is 19.6 Å². The van der Waals surface area contributed by atoms with Crippen molar-refractivity contribution in [2.45, 2.75) is 26.3 Å². The van der Waals surface area contributed by atoms with E-state index in [9.17, 15) is 9.59 Å². The van der Waals surface area contributed by atoms with Gasteiger partial charge < -0.3 is 15.5 Å². The maximum atomic E-state index is 12.5. The van der Waals surface area contributed by atoms with Crippen LogP contribution in [-0.2, 0) is 11.3 Å². The molecule has 114 valence electrons. The number of likely N-dealkylation sites (tertiary alicyclic amines) is 1. The molecule has 0 aromatic heterocycles. The molecule has 21 heavy (non-hydrogen) atoms. The van der Waals surface area contributed by atoms with Crippen molar-refractivity contribution in [1.82, 2.24) is 15.5 Å². The number of amides is 3. The Balaban J connectivity index is 1.95. The highest BCUT2D eigenvalue weighted by Crippen LogP contribution is 2.29. The van der Waals surface area contributed by atoms with Gasteiger partial charge in [0.15, 0.2) is 0 Å². The van der Waals surface area contributed by atoms with Crippen molar-refractivity contribution in [3.8, 4) is 0 Å². The average Bonchev–Trinajstić information content (AvgIpc) is 2.52. The predicted molar refractivity (Wildman–Crippen MR) is 81.7 cm³/mol. The Labute approximate surface area is 125 Å². The van der Waals surface area contributed by atoms with Crippen molar-refractivity contribution in [3.05, 3.63) is 35.9 Å². The van der Waals surface area contributed by atoms with Crippen LogP contribution < -0.4 is 10.6 Å². The van der Waals surface area contributed by atoms with Gasteiger partial charge in [0.25, 0.3) is 0 Å². The summed E-state index contributed by atoms with van der Waals surface area (Å²) in [6, 6.07) is 9.72. The summed E-state index contributed by atoms with van der Waals surface area (Å²) >= 11 is 0. The molecule has 1 fully saturated rings. The third kappa shape index (κ3) is 3.74.